The number of rotatable bonds is 3. The van der Waals surface area contributed by atoms with Crippen LogP contribution in [0.1, 0.15) is 5.69 Å². The number of nitrogens with two attached hydrogens (primary N) is 1. The third-order valence-corrected chi connectivity index (χ3v) is 2.82. The molecule has 1 heterocycles. The Hall–Kier alpha value is -1.41. The van der Waals surface area contributed by atoms with Gasteiger partial charge in [0.1, 0.15) is 5.82 Å². The van der Waals surface area contributed by atoms with Gasteiger partial charge in [-0.2, -0.15) is 4.98 Å². The lowest BCUT2D eigenvalue weighted by molar-refractivity contribution is 1.07. The van der Waals surface area contributed by atoms with E-state index in [9.17, 15) is 0 Å². The molecule has 0 aliphatic rings. The molecule has 5 nitrogen and oxygen atoms in total. The number of halogens is 1. The molecule has 2 rings (SSSR count). The van der Waals surface area contributed by atoms with Crippen molar-refractivity contribution in [1.29, 1.82) is 0 Å². The maximum absolute atomic E-state index is 5.30. The van der Waals surface area contributed by atoms with Gasteiger partial charge in [-0.1, -0.05) is 0 Å². The molecule has 0 saturated carbocycles. The Bertz CT molecular complexity index is 512. The lowest BCUT2D eigenvalue weighted by Gasteiger charge is -2.08. The number of hydrazine groups is 1. The molecule has 17 heavy (non-hydrogen) atoms. The molecule has 0 unspecified atom stereocenters. The van der Waals surface area contributed by atoms with Gasteiger partial charge in [-0.3, -0.25) is 5.43 Å². The van der Waals surface area contributed by atoms with Crippen LogP contribution in [-0.4, -0.2) is 9.97 Å². The lowest BCUT2D eigenvalue weighted by atomic mass is 10.3. The van der Waals surface area contributed by atoms with E-state index in [1.165, 1.54) is 3.57 Å². The monoisotopic (exact) mass is 341 g/mol. The molecular weight excluding hydrogens is 329 g/mol. The summed E-state index contributed by atoms with van der Waals surface area (Å²) in [5.41, 5.74) is 4.27. The van der Waals surface area contributed by atoms with Gasteiger partial charge in [0.2, 0.25) is 5.95 Å². The summed E-state index contributed by atoms with van der Waals surface area (Å²) in [7, 11) is 0. The van der Waals surface area contributed by atoms with Gasteiger partial charge in [-0.15, -0.1) is 0 Å². The second kappa shape index (κ2) is 5.28. The number of hydrogen-bond acceptors (Lipinski definition) is 5. The van der Waals surface area contributed by atoms with Gasteiger partial charge in [0.15, 0.2) is 0 Å². The molecule has 0 atom stereocenters. The second-order valence-electron chi connectivity index (χ2n) is 3.49. The number of aromatic nitrogens is 2. The highest BCUT2D eigenvalue weighted by atomic mass is 127. The molecule has 2 aromatic rings. The number of hydrogen-bond donors (Lipinski definition) is 3. The van der Waals surface area contributed by atoms with Gasteiger partial charge in [0.25, 0.3) is 0 Å². The number of benzene rings is 1. The topological polar surface area (TPSA) is 75.9 Å². The van der Waals surface area contributed by atoms with Gasteiger partial charge in [0, 0.05) is 21.0 Å². The van der Waals surface area contributed by atoms with Gasteiger partial charge < -0.3 is 5.32 Å². The van der Waals surface area contributed by atoms with Crippen LogP contribution in [0.5, 0.6) is 0 Å². The molecule has 0 radical (unpaired) electrons. The van der Waals surface area contributed by atoms with Gasteiger partial charge in [-0.05, 0) is 53.8 Å². The highest BCUT2D eigenvalue weighted by molar-refractivity contribution is 14.1. The Morgan fingerprint density at radius 2 is 1.88 bits per heavy atom. The number of nitrogens with one attached hydrogen (secondary N) is 2. The van der Waals surface area contributed by atoms with Crippen LogP contribution in [0.3, 0.4) is 0 Å². The summed E-state index contributed by atoms with van der Waals surface area (Å²) in [5.74, 6) is 6.41. The van der Waals surface area contributed by atoms with E-state index in [0.717, 1.165) is 11.4 Å². The highest BCUT2D eigenvalue weighted by Gasteiger charge is 2.01. The van der Waals surface area contributed by atoms with Crippen molar-refractivity contribution in [3.05, 3.63) is 39.6 Å². The van der Waals surface area contributed by atoms with Crippen molar-refractivity contribution in [2.45, 2.75) is 6.92 Å². The second-order valence-corrected chi connectivity index (χ2v) is 4.74. The van der Waals surface area contributed by atoms with Crippen LogP contribution in [0.15, 0.2) is 30.3 Å². The Kier molecular flexibility index (Phi) is 3.75. The van der Waals surface area contributed by atoms with E-state index in [2.05, 4.69) is 43.3 Å². The smallest absolute Gasteiger partial charge is 0.239 e. The van der Waals surface area contributed by atoms with E-state index in [-0.39, 0.29) is 0 Å². The quantitative estimate of drug-likeness (QED) is 0.454. The molecule has 0 bridgehead atoms. The van der Waals surface area contributed by atoms with Crippen molar-refractivity contribution in [1.82, 2.24) is 9.97 Å². The minimum absolute atomic E-state index is 0.401. The van der Waals surface area contributed by atoms with Crippen molar-refractivity contribution < 1.29 is 0 Å². The van der Waals surface area contributed by atoms with Crippen LogP contribution in [0.2, 0.25) is 0 Å². The molecular formula is C11H12IN5. The van der Waals surface area contributed by atoms with Crippen LogP contribution >= 0.6 is 22.6 Å². The molecule has 88 valence electrons. The van der Waals surface area contributed by atoms with Gasteiger partial charge in [-0.25, -0.2) is 10.8 Å². The molecule has 1 aromatic heterocycles. The van der Waals surface area contributed by atoms with E-state index in [4.69, 9.17) is 5.84 Å². The Labute approximate surface area is 113 Å². The lowest BCUT2D eigenvalue weighted by Crippen LogP contribution is -2.11. The number of anilines is 3. The summed E-state index contributed by atoms with van der Waals surface area (Å²) in [6, 6.07) is 9.90. The van der Waals surface area contributed by atoms with E-state index >= 15 is 0 Å². The van der Waals surface area contributed by atoms with Crippen LogP contribution < -0.4 is 16.6 Å². The standard InChI is InChI=1S/C11H12IN5/c1-7-6-10(16-11(14-7)17-13)15-9-4-2-8(12)3-5-9/h2-6H,13H2,1H3,(H2,14,15,16,17). The third-order valence-electron chi connectivity index (χ3n) is 2.10. The number of aryl methyl sites for hydroxylation is 1. The molecule has 0 spiro atoms. The van der Waals surface area contributed by atoms with E-state index < -0.39 is 0 Å². The fourth-order valence-electron chi connectivity index (χ4n) is 1.38. The SMILES string of the molecule is Cc1cc(Nc2ccc(I)cc2)nc(NN)n1. The average Bonchev–Trinajstić information content (AvgIpc) is 2.31. The maximum atomic E-state index is 5.30. The van der Waals surface area contributed by atoms with Crippen molar-refractivity contribution in [3.8, 4) is 0 Å². The van der Waals surface area contributed by atoms with E-state index in [1.807, 2.05) is 37.3 Å². The summed E-state index contributed by atoms with van der Waals surface area (Å²) in [4.78, 5) is 8.33. The normalized spacial score (nSPS) is 10.1. The first-order valence-corrected chi connectivity index (χ1v) is 6.10. The molecule has 1 aromatic carbocycles. The largest absolute Gasteiger partial charge is 0.340 e. The molecule has 0 aliphatic heterocycles. The average molecular weight is 341 g/mol. The maximum Gasteiger partial charge on any atom is 0.239 e. The van der Waals surface area contributed by atoms with Crippen LogP contribution in [0.25, 0.3) is 0 Å². The number of nitrogens with zero attached hydrogens (tertiary/aromatic N) is 2. The van der Waals surface area contributed by atoms with Crippen molar-refractivity contribution >= 4 is 40.0 Å². The van der Waals surface area contributed by atoms with Gasteiger partial charge in [0.05, 0.1) is 0 Å². The molecule has 0 amide bonds. The zero-order valence-corrected chi connectivity index (χ0v) is 11.4. The first-order chi connectivity index (χ1) is 8.17. The Morgan fingerprint density at radius 1 is 1.18 bits per heavy atom. The zero-order valence-electron chi connectivity index (χ0n) is 9.24. The Balaban J connectivity index is 2.23. The van der Waals surface area contributed by atoms with Crippen LogP contribution in [0.4, 0.5) is 17.5 Å². The first-order valence-electron chi connectivity index (χ1n) is 5.02. The summed E-state index contributed by atoms with van der Waals surface area (Å²) in [6.07, 6.45) is 0. The van der Waals surface area contributed by atoms with Crippen molar-refractivity contribution in [2.75, 3.05) is 10.7 Å². The minimum Gasteiger partial charge on any atom is -0.340 e. The van der Waals surface area contributed by atoms with E-state index in [0.29, 0.717) is 11.8 Å². The van der Waals surface area contributed by atoms with Crippen LogP contribution in [-0.2, 0) is 0 Å². The Morgan fingerprint density at radius 3 is 2.53 bits per heavy atom. The summed E-state index contributed by atoms with van der Waals surface area (Å²) < 4.78 is 1.19. The molecule has 0 fully saturated rings. The molecule has 0 saturated heterocycles. The fourth-order valence-corrected chi connectivity index (χ4v) is 1.74. The molecule has 6 heteroatoms. The minimum atomic E-state index is 0.401. The first kappa shape index (κ1) is 12.1. The predicted molar refractivity (Wildman–Crippen MR) is 77.0 cm³/mol. The summed E-state index contributed by atoms with van der Waals surface area (Å²) >= 11 is 2.26. The van der Waals surface area contributed by atoms with Crippen LogP contribution in [0, 0.1) is 10.5 Å². The van der Waals surface area contributed by atoms with Crippen molar-refractivity contribution in [2.24, 2.45) is 5.84 Å². The fraction of sp³-hybridized carbons (Fsp3) is 0.0909. The molecule has 4 N–H and O–H groups in total. The predicted octanol–water partition coefficient (Wildman–Crippen LogP) is 2.42. The van der Waals surface area contributed by atoms with E-state index in [1.54, 1.807) is 0 Å². The summed E-state index contributed by atoms with van der Waals surface area (Å²) in [6.45, 7) is 1.89. The number of nitrogen functional groups attached to an aromatic ring is 1. The highest BCUT2D eigenvalue weighted by Crippen LogP contribution is 2.17. The van der Waals surface area contributed by atoms with Gasteiger partial charge >= 0.3 is 0 Å². The van der Waals surface area contributed by atoms with Crippen molar-refractivity contribution in [3.63, 3.8) is 0 Å². The molecule has 0 aliphatic carbocycles. The zero-order chi connectivity index (χ0) is 12.3. The summed E-state index contributed by atoms with van der Waals surface area (Å²) in [5, 5.41) is 3.20. The third kappa shape index (κ3) is 3.27.